The molecule has 1 aliphatic heterocycles. The van der Waals surface area contributed by atoms with Gasteiger partial charge in [-0.3, -0.25) is 4.90 Å². The fraction of sp³-hybridized carbons (Fsp3) is 1.00. The minimum Gasteiger partial charge on any atom is -0.393 e. The van der Waals surface area contributed by atoms with Crippen molar-refractivity contribution in [3.05, 3.63) is 0 Å². The monoisotopic (exact) mass is 246 g/mol. The molecule has 102 valence electrons. The summed E-state index contributed by atoms with van der Waals surface area (Å²) in [5, 5.41) is 22.1. The second kappa shape index (κ2) is 8.83. The topological polar surface area (TPSA) is 65.0 Å². The lowest BCUT2D eigenvalue weighted by Gasteiger charge is -2.28. The molecule has 17 heavy (non-hydrogen) atoms. The Bertz CT molecular complexity index is 185. The third-order valence-electron chi connectivity index (χ3n) is 2.93. The number of rotatable bonds is 8. The number of aliphatic hydroxyl groups excluding tert-OH is 2. The van der Waals surface area contributed by atoms with Crippen molar-refractivity contribution in [2.75, 3.05) is 45.9 Å². The zero-order valence-corrected chi connectivity index (χ0v) is 10.8. The molecule has 1 fully saturated rings. The number of β-amino-alcohol motifs (C(OH)–C–C–N with tert-alkyl or cyclic N) is 1. The molecule has 0 aromatic rings. The summed E-state index contributed by atoms with van der Waals surface area (Å²) < 4.78 is 5.25. The minimum atomic E-state index is -0.320. The number of hydrogen-bond donors (Lipinski definition) is 3. The summed E-state index contributed by atoms with van der Waals surface area (Å²) in [4.78, 5) is 2.23. The van der Waals surface area contributed by atoms with Gasteiger partial charge in [0.25, 0.3) is 0 Å². The highest BCUT2D eigenvalue weighted by Gasteiger charge is 2.14. The first kappa shape index (κ1) is 14.9. The summed E-state index contributed by atoms with van der Waals surface area (Å²) >= 11 is 0. The molecule has 0 aromatic carbocycles. The van der Waals surface area contributed by atoms with Crippen molar-refractivity contribution in [1.82, 2.24) is 10.2 Å². The molecule has 0 aromatic heterocycles. The van der Waals surface area contributed by atoms with Crippen LogP contribution in [0.2, 0.25) is 0 Å². The normalized spacial score (nSPS) is 21.4. The highest BCUT2D eigenvalue weighted by molar-refractivity contribution is 4.69. The van der Waals surface area contributed by atoms with E-state index in [1.165, 1.54) is 0 Å². The summed E-state index contributed by atoms with van der Waals surface area (Å²) in [6, 6.07) is 0. The Balaban J connectivity index is 1.95. The van der Waals surface area contributed by atoms with Gasteiger partial charge in [-0.1, -0.05) is 0 Å². The number of morpholine rings is 1. The van der Waals surface area contributed by atoms with E-state index in [1.54, 1.807) is 6.92 Å². The van der Waals surface area contributed by atoms with Crippen LogP contribution in [-0.4, -0.2) is 73.3 Å². The summed E-state index contributed by atoms with van der Waals surface area (Å²) in [6.45, 7) is 7.36. The van der Waals surface area contributed by atoms with Crippen molar-refractivity contribution >= 4 is 0 Å². The lowest BCUT2D eigenvalue weighted by Crippen LogP contribution is -2.43. The summed E-state index contributed by atoms with van der Waals surface area (Å²) in [6.07, 6.45) is 1.21. The summed E-state index contributed by atoms with van der Waals surface area (Å²) in [5.41, 5.74) is 0. The van der Waals surface area contributed by atoms with Crippen LogP contribution in [0.1, 0.15) is 19.8 Å². The van der Waals surface area contributed by atoms with Crippen LogP contribution in [0.4, 0.5) is 0 Å². The maximum absolute atomic E-state index is 9.82. The van der Waals surface area contributed by atoms with Gasteiger partial charge in [0.1, 0.15) is 0 Å². The Morgan fingerprint density at radius 2 is 2.00 bits per heavy atom. The fourth-order valence-electron chi connectivity index (χ4n) is 1.94. The van der Waals surface area contributed by atoms with Gasteiger partial charge in [0.15, 0.2) is 0 Å². The van der Waals surface area contributed by atoms with Crippen LogP contribution in [0.15, 0.2) is 0 Å². The molecule has 3 N–H and O–H groups in total. The van der Waals surface area contributed by atoms with Crippen molar-refractivity contribution in [2.45, 2.75) is 32.0 Å². The Morgan fingerprint density at radius 3 is 2.65 bits per heavy atom. The number of hydrogen-bond acceptors (Lipinski definition) is 5. The molecule has 0 bridgehead atoms. The molecular formula is C12H26N2O3. The summed E-state index contributed by atoms with van der Waals surface area (Å²) in [5.74, 6) is 0. The summed E-state index contributed by atoms with van der Waals surface area (Å²) in [7, 11) is 0. The molecule has 2 unspecified atom stereocenters. The van der Waals surface area contributed by atoms with Gasteiger partial charge in [-0.25, -0.2) is 0 Å². The number of aliphatic hydroxyl groups is 2. The van der Waals surface area contributed by atoms with Crippen LogP contribution >= 0.6 is 0 Å². The van der Waals surface area contributed by atoms with E-state index < -0.39 is 0 Å². The van der Waals surface area contributed by atoms with Crippen molar-refractivity contribution in [2.24, 2.45) is 0 Å². The molecule has 1 saturated heterocycles. The molecule has 0 amide bonds. The van der Waals surface area contributed by atoms with Crippen LogP contribution in [0, 0.1) is 0 Å². The van der Waals surface area contributed by atoms with Crippen LogP contribution < -0.4 is 5.32 Å². The molecule has 2 atom stereocenters. The first-order valence-electron chi connectivity index (χ1n) is 6.55. The zero-order valence-electron chi connectivity index (χ0n) is 10.8. The van der Waals surface area contributed by atoms with Gasteiger partial charge in [0.2, 0.25) is 0 Å². The molecule has 1 heterocycles. The largest absolute Gasteiger partial charge is 0.393 e. The van der Waals surface area contributed by atoms with Gasteiger partial charge < -0.3 is 20.3 Å². The van der Waals surface area contributed by atoms with Gasteiger partial charge in [-0.05, 0) is 26.3 Å². The van der Waals surface area contributed by atoms with Crippen molar-refractivity contribution in [3.8, 4) is 0 Å². The third kappa shape index (κ3) is 7.68. The molecule has 5 heteroatoms. The van der Waals surface area contributed by atoms with Crippen molar-refractivity contribution in [1.29, 1.82) is 0 Å². The molecule has 0 saturated carbocycles. The van der Waals surface area contributed by atoms with Gasteiger partial charge in [-0.2, -0.15) is 0 Å². The van der Waals surface area contributed by atoms with Crippen molar-refractivity contribution < 1.29 is 14.9 Å². The SMILES string of the molecule is CC(O)CCCNCC(O)CN1CCOCC1. The van der Waals surface area contributed by atoms with E-state index in [9.17, 15) is 5.11 Å². The molecule has 1 aliphatic rings. The Hall–Kier alpha value is -0.200. The highest BCUT2D eigenvalue weighted by Crippen LogP contribution is 1.98. The third-order valence-corrected chi connectivity index (χ3v) is 2.93. The fourth-order valence-corrected chi connectivity index (χ4v) is 1.94. The predicted octanol–water partition coefficient (Wildman–Crippen LogP) is -0.570. The standard InChI is InChI=1S/C12H26N2O3/c1-11(15)3-2-4-13-9-12(16)10-14-5-7-17-8-6-14/h11-13,15-16H,2-10H2,1H3. The van der Waals surface area contributed by atoms with Crippen molar-refractivity contribution in [3.63, 3.8) is 0 Å². The molecular weight excluding hydrogens is 220 g/mol. The first-order chi connectivity index (χ1) is 8.18. The van der Waals surface area contributed by atoms with E-state index in [4.69, 9.17) is 9.84 Å². The van der Waals surface area contributed by atoms with E-state index >= 15 is 0 Å². The van der Waals surface area contributed by atoms with Gasteiger partial charge in [-0.15, -0.1) is 0 Å². The lowest BCUT2D eigenvalue weighted by atomic mass is 10.2. The Kier molecular flexibility index (Phi) is 7.72. The number of nitrogens with one attached hydrogen (secondary N) is 1. The average Bonchev–Trinajstić information content (AvgIpc) is 2.29. The maximum Gasteiger partial charge on any atom is 0.0791 e. The Labute approximate surface area is 104 Å². The molecule has 0 spiro atoms. The second-order valence-electron chi connectivity index (χ2n) is 4.76. The second-order valence-corrected chi connectivity index (χ2v) is 4.76. The van der Waals surface area contributed by atoms with Crippen LogP contribution in [0.25, 0.3) is 0 Å². The molecule has 1 rings (SSSR count). The zero-order chi connectivity index (χ0) is 12.5. The molecule has 0 radical (unpaired) electrons. The quantitative estimate of drug-likeness (QED) is 0.501. The Morgan fingerprint density at radius 1 is 1.29 bits per heavy atom. The van der Waals surface area contributed by atoms with E-state index in [0.29, 0.717) is 13.1 Å². The number of nitrogens with zero attached hydrogens (tertiary/aromatic N) is 1. The van der Waals surface area contributed by atoms with E-state index in [0.717, 1.165) is 45.7 Å². The van der Waals surface area contributed by atoms with Crippen LogP contribution in [0.3, 0.4) is 0 Å². The number of ether oxygens (including phenoxy) is 1. The molecule has 0 aliphatic carbocycles. The lowest BCUT2D eigenvalue weighted by molar-refractivity contribution is 0.0149. The maximum atomic E-state index is 9.82. The smallest absolute Gasteiger partial charge is 0.0791 e. The minimum absolute atomic E-state index is 0.227. The van der Waals surface area contributed by atoms with Gasteiger partial charge in [0.05, 0.1) is 25.4 Å². The first-order valence-corrected chi connectivity index (χ1v) is 6.55. The highest BCUT2D eigenvalue weighted by atomic mass is 16.5. The van der Waals surface area contributed by atoms with Gasteiger partial charge >= 0.3 is 0 Å². The van der Waals surface area contributed by atoms with E-state index in [1.807, 2.05) is 0 Å². The van der Waals surface area contributed by atoms with Crippen LogP contribution in [-0.2, 0) is 4.74 Å². The van der Waals surface area contributed by atoms with Gasteiger partial charge in [0, 0.05) is 26.2 Å². The predicted molar refractivity (Wildman–Crippen MR) is 67.1 cm³/mol. The van der Waals surface area contributed by atoms with E-state index in [-0.39, 0.29) is 12.2 Å². The van der Waals surface area contributed by atoms with E-state index in [2.05, 4.69) is 10.2 Å². The molecule has 5 nitrogen and oxygen atoms in total. The van der Waals surface area contributed by atoms with Crippen LogP contribution in [0.5, 0.6) is 0 Å². The average molecular weight is 246 g/mol.